The Kier molecular flexibility index (Phi) is 6.17. The molecule has 1 aromatic carbocycles. The highest BCUT2D eigenvalue weighted by atomic mass is 16.3. The molecule has 1 aromatic rings. The van der Waals surface area contributed by atoms with Crippen LogP contribution in [0.5, 0.6) is 0 Å². The van der Waals surface area contributed by atoms with Gasteiger partial charge in [0, 0.05) is 24.7 Å². The van der Waals surface area contributed by atoms with E-state index in [1.807, 2.05) is 24.3 Å². The lowest BCUT2D eigenvalue weighted by Gasteiger charge is -2.30. The van der Waals surface area contributed by atoms with Crippen molar-refractivity contribution >= 4 is 11.6 Å². The number of amides is 1. The molecule has 4 nitrogen and oxygen atoms in total. The van der Waals surface area contributed by atoms with Crippen LogP contribution >= 0.6 is 0 Å². The van der Waals surface area contributed by atoms with Crippen LogP contribution in [-0.2, 0) is 4.79 Å². The number of nitrogens with one attached hydrogen (secondary N) is 2. The minimum atomic E-state index is -0.566. The Morgan fingerprint density at radius 2 is 1.65 bits per heavy atom. The number of benzene rings is 1. The van der Waals surface area contributed by atoms with Gasteiger partial charge in [-0.2, -0.15) is 0 Å². The Hall–Kier alpha value is -1.39. The van der Waals surface area contributed by atoms with E-state index in [4.69, 9.17) is 0 Å². The average molecular weight is 278 g/mol. The van der Waals surface area contributed by atoms with E-state index in [0.717, 1.165) is 11.3 Å². The van der Waals surface area contributed by atoms with Crippen molar-refractivity contribution in [2.24, 2.45) is 5.92 Å². The van der Waals surface area contributed by atoms with E-state index in [2.05, 4.69) is 38.3 Å². The molecule has 0 fully saturated rings. The van der Waals surface area contributed by atoms with Gasteiger partial charge in [-0.25, -0.2) is 0 Å². The predicted octanol–water partition coefficient (Wildman–Crippen LogP) is 2.70. The first kappa shape index (κ1) is 16.7. The monoisotopic (exact) mass is 278 g/mol. The Morgan fingerprint density at radius 3 is 2.05 bits per heavy atom. The lowest BCUT2D eigenvalue weighted by molar-refractivity contribution is -0.114. The van der Waals surface area contributed by atoms with E-state index in [0.29, 0.717) is 12.0 Å². The normalized spacial score (nSPS) is 14.4. The Labute approximate surface area is 121 Å². The maximum absolute atomic E-state index is 11.0. The molecule has 1 amide bonds. The Bertz CT molecular complexity index is 427. The van der Waals surface area contributed by atoms with Crippen molar-refractivity contribution in [3.63, 3.8) is 0 Å². The van der Waals surface area contributed by atoms with Crippen molar-refractivity contribution in [1.29, 1.82) is 0 Å². The van der Waals surface area contributed by atoms with Crippen molar-refractivity contribution < 1.29 is 9.90 Å². The molecule has 0 bridgehead atoms. The van der Waals surface area contributed by atoms with Crippen LogP contribution in [0.1, 0.15) is 46.3 Å². The van der Waals surface area contributed by atoms with Crippen LogP contribution in [0.25, 0.3) is 0 Å². The predicted molar refractivity (Wildman–Crippen MR) is 82.6 cm³/mol. The number of hydrogen-bond acceptors (Lipinski definition) is 3. The van der Waals surface area contributed by atoms with Crippen molar-refractivity contribution in [1.82, 2.24) is 5.32 Å². The Morgan fingerprint density at radius 1 is 1.10 bits per heavy atom. The third-order valence-electron chi connectivity index (χ3n) is 3.16. The first-order valence-electron chi connectivity index (χ1n) is 7.13. The van der Waals surface area contributed by atoms with Gasteiger partial charge < -0.3 is 15.7 Å². The zero-order chi connectivity index (χ0) is 15.3. The van der Waals surface area contributed by atoms with Crippen molar-refractivity contribution in [3.8, 4) is 0 Å². The van der Waals surface area contributed by atoms with Crippen LogP contribution in [0.3, 0.4) is 0 Å². The first-order valence-corrected chi connectivity index (χ1v) is 7.13. The highest BCUT2D eigenvalue weighted by molar-refractivity contribution is 5.88. The van der Waals surface area contributed by atoms with E-state index < -0.39 is 6.10 Å². The lowest BCUT2D eigenvalue weighted by Crippen LogP contribution is -2.42. The standard InChI is InChI=1S/C16H26N2O2/c1-10(2)15(17-11(3)4)16(20)13-6-8-14(9-7-13)18-12(5)19/h6-11,15-17,20H,1-5H3,(H,18,19). The van der Waals surface area contributed by atoms with Gasteiger partial charge in [0.25, 0.3) is 0 Å². The highest BCUT2D eigenvalue weighted by Gasteiger charge is 2.24. The fraction of sp³-hybridized carbons (Fsp3) is 0.562. The Balaban J connectivity index is 2.83. The molecular weight excluding hydrogens is 252 g/mol. The van der Waals surface area contributed by atoms with Crippen LogP contribution in [0.4, 0.5) is 5.69 Å². The molecule has 3 N–H and O–H groups in total. The van der Waals surface area contributed by atoms with Gasteiger partial charge in [-0.1, -0.05) is 39.8 Å². The quantitative estimate of drug-likeness (QED) is 0.750. The van der Waals surface area contributed by atoms with E-state index in [-0.39, 0.29) is 11.9 Å². The molecule has 0 saturated carbocycles. The summed E-state index contributed by atoms with van der Waals surface area (Å²) in [5, 5.41) is 16.6. The molecule has 0 aliphatic heterocycles. The second kappa shape index (κ2) is 7.41. The number of carbonyl (C=O) groups is 1. The van der Waals surface area contributed by atoms with Crippen molar-refractivity contribution in [3.05, 3.63) is 29.8 Å². The van der Waals surface area contributed by atoms with Crippen molar-refractivity contribution in [2.75, 3.05) is 5.32 Å². The van der Waals surface area contributed by atoms with E-state index in [1.54, 1.807) is 0 Å². The second-order valence-electron chi connectivity index (χ2n) is 5.84. The average Bonchev–Trinajstić information content (AvgIpc) is 2.35. The molecule has 0 spiro atoms. The van der Waals surface area contributed by atoms with Gasteiger partial charge in [0.05, 0.1) is 6.10 Å². The number of carbonyl (C=O) groups excluding carboxylic acids is 1. The third-order valence-corrected chi connectivity index (χ3v) is 3.16. The molecule has 0 aromatic heterocycles. The zero-order valence-electron chi connectivity index (χ0n) is 13.0. The van der Waals surface area contributed by atoms with Crippen LogP contribution in [-0.4, -0.2) is 23.1 Å². The molecule has 0 radical (unpaired) electrons. The summed E-state index contributed by atoms with van der Waals surface area (Å²) >= 11 is 0. The van der Waals surface area contributed by atoms with Crippen molar-refractivity contribution in [2.45, 2.75) is 52.8 Å². The molecule has 20 heavy (non-hydrogen) atoms. The smallest absolute Gasteiger partial charge is 0.221 e. The van der Waals surface area contributed by atoms with Gasteiger partial charge in [-0.05, 0) is 23.6 Å². The number of aliphatic hydroxyl groups excluding tert-OH is 1. The molecule has 0 saturated heterocycles. The zero-order valence-corrected chi connectivity index (χ0v) is 13.0. The van der Waals surface area contributed by atoms with E-state index in [9.17, 15) is 9.90 Å². The minimum absolute atomic E-state index is 0.00150. The topological polar surface area (TPSA) is 61.4 Å². The highest BCUT2D eigenvalue weighted by Crippen LogP contribution is 2.23. The summed E-state index contributed by atoms with van der Waals surface area (Å²) in [5.41, 5.74) is 1.59. The summed E-state index contributed by atoms with van der Waals surface area (Å²) in [4.78, 5) is 11.0. The number of aliphatic hydroxyl groups is 1. The van der Waals surface area contributed by atoms with Gasteiger partial charge in [0.15, 0.2) is 0 Å². The number of hydrogen-bond donors (Lipinski definition) is 3. The van der Waals surface area contributed by atoms with Crippen LogP contribution in [0, 0.1) is 5.92 Å². The lowest BCUT2D eigenvalue weighted by atomic mass is 9.92. The maximum Gasteiger partial charge on any atom is 0.221 e. The number of anilines is 1. The van der Waals surface area contributed by atoms with Gasteiger partial charge in [0.1, 0.15) is 0 Å². The number of rotatable bonds is 6. The van der Waals surface area contributed by atoms with E-state index in [1.165, 1.54) is 6.92 Å². The summed E-state index contributed by atoms with van der Waals surface area (Å²) in [7, 11) is 0. The fourth-order valence-corrected chi connectivity index (χ4v) is 2.21. The summed E-state index contributed by atoms with van der Waals surface area (Å²) in [6.07, 6.45) is -0.566. The fourth-order valence-electron chi connectivity index (χ4n) is 2.21. The molecule has 0 aliphatic carbocycles. The molecule has 4 heteroatoms. The minimum Gasteiger partial charge on any atom is -0.387 e. The summed E-state index contributed by atoms with van der Waals surface area (Å²) in [6.45, 7) is 9.80. The van der Waals surface area contributed by atoms with E-state index >= 15 is 0 Å². The van der Waals surface area contributed by atoms with Crippen LogP contribution in [0.15, 0.2) is 24.3 Å². The SMILES string of the molecule is CC(=O)Nc1ccc(C(O)C(NC(C)C)C(C)C)cc1. The molecule has 0 heterocycles. The third kappa shape index (κ3) is 4.94. The molecular formula is C16H26N2O2. The molecule has 112 valence electrons. The first-order chi connectivity index (χ1) is 9.31. The molecule has 0 aliphatic rings. The maximum atomic E-state index is 11.0. The summed E-state index contributed by atoms with van der Waals surface area (Å²) in [6, 6.07) is 7.65. The second-order valence-corrected chi connectivity index (χ2v) is 5.84. The van der Waals surface area contributed by atoms with Gasteiger partial charge in [-0.3, -0.25) is 4.79 Å². The summed E-state index contributed by atoms with van der Waals surface area (Å²) < 4.78 is 0. The van der Waals surface area contributed by atoms with Crippen LogP contribution < -0.4 is 10.6 Å². The van der Waals surface area contributed by atoms with Gasteiger partial charge >= 0.3 is 0 Å². The van der Waals surface area contributed by atoms with Crippen LogP contribution in [0.2, 0.25) is 0 Å². The molecule has 2 atom stereocenters. The largest absolute Gasteiger partial charge is 0.387 e. The molecule has 1 rings (SSSR count). The summed E-state index contributed by atoms with van der Waals surface area (Å²) in [5.74, 6) is 0.224. The van der Waals surface area contributed by atoms with Gasteiger partial charge in [0.2, 0.25) is 5.91 Å². The molecule has 2 unspecified atom stereocenters. The van der Waals surface area contributed by atoms with Gasteiger partial charge in [-0.15, -0.1) is 0 Å².